The van der Waals surface area contributed by atoms with Crippen LogP contribution in [0.25, 0.3) is 0 Å². The van der Waals surface area contributed by atoms with E-state index in [1.54, 1.807) is 0 Å². The Morgan fingerprint density at radius 3 is 1.76 bits per heavy atom. The van der Waals surface area contributed by atoms with Crippen molar-refractivity contribution in [3.8, 4) is 0 Å². The van der Waals surface area contributed by atoms with Crippen LogP contribution in [-0.2, 0) is 0 Å². The van der Waals surface area contributed by atoms with Crippen LogP contribution < -0.4 is 0 Å². The first-order valence-corrected chi connectivity index (χ1v) is 11.6. The molecule has 0 amide bonds. The Balaban J connectivity index is 1.52. The molecule has 0 bridgehead atoms. The fraction of sp³-hybridized carbons (Fsp3) is 0.840. The van der Waals surface area contributed by atoms with Gasteiger partial charge in [0.15, 0.2) is 0 Å². The van der Waals surface area contributed by atoms with Gasteiger partial charge in [0.05, 0.1) is 0 Å². The van der Waals surface area contributed by atoms with E-state index in [4.69, 9.17) is 0 Å². The van der Waals surface area contributed by atoms with E-state index in [-0.39, 0.29) is 0 Å². The van der Waals surface area contributed by atoms with E-state index in [0.717, 1.165) is 23.7 Å². The highest BCUT2D eigenvalue weighted by Gasteiger charge is 2.20. The van der Waals surface area contributed by atoms with Crippen molar-refractivity contribution in [2.24, 2.45) is 23.7 Å². The van der Waals surface area contributed by atoms with Gasteiger partial charge in [-0.2, -0.15) is 0 Å². The van der Waals surface area contributed by atoms with Crippen molar-refractivity contribution >= 4 is 0 Å². The molecule has 2 aliphatic carbocycles. The van der Waals surface area contributed by atoms with Crippen LogP contribution in [0.15, 0.2) is 24.3 Å². The minimum Gasteiger partial charge on any atom is -0.0885 e. The molecule has 2 saturated carbocycles. The third kappa shape index (κ3) is 8.61. The van der Waals surface area contributed by atoms with Crippen molar-refractivity contribution in [2.45, 2.75) is 110 Å². The van der Waals surface area contributed by atoms with Crippen molar-refractivity contribution in [1.82, 2.24) is 0 Å². The lowest BCUT2D eigenvalue weighted by molar-refractivity contribution is 0.250. The van der Waals surface area contributed by atoms with Crippen LogP contribution in [0.5, 0.6) is 0 Å². The van der Waals surface area contributed by atoms with Crippen LogP contribution in [0.2, 0.25) is 0 Å². The number of hydrogen-bond donors (Lipinski definition) is 0. The quantitative estimate of drug-likeness (QED) is 0.275. The second kappa shape index (κ2) is 12.8. The van der Waals surface area contributed by atoms with Crippen molar-refractivity contribution in [3.63, 3.8) is 0 Å². The lowest BCUT2D eigenvalue weighted by atomic mass is 9.78. The van der Waals surface area contributed by atoms with Gasteiger partial charge in [0.2, 0.25) is 0 Å². The summed E-state index contributed by atoms with van der Waals surface area (Å²) < 4.78 is 0. The molecule has 0 saturated heterocycles. The van der Waals surface area contributed by atoms with Gasteiger partial charge in [-0.3, -0.25) is 0 Å². The summed E-state index contributed by atoms with van der Waals surface area (Å²) in [5.74, 6) is 3.84. The zero-order chi connectivity index (χ0) is 17.7. The molecule has 0 nitrogen and oxygen atoms in total. The van der Waals surface area contributed by atoms with Crippen molar-refractivity contribution in [3.05, 3.63) is 24.3 Å². The van der Waals surface area contributed by atoms with E-state index in [2.05, 4.69) is 38.2 Å². The maximum Gasteiger partial charge on any atom is -0.0233 e. The minimum atomic E-state index is 0.872. The molecule has 0 aliphatic heterocycles. The van der Waals surface area contributed by atoms with E-state index in [9.17, 15) is 0 Å². The number of allylic oxidation sites excluding steroid dienone is 4. The molecule has 2 fully saturated rings. The maximum absolute atomic E-state index is 2.57. The average molecular weight is 345 g/mol. The molecule has 0 aromatic heterocycles. The van der Waals surface area contributed by atoms with E-state index in [1.165, 1.54) is 96.3 Å². The van der Waals surface area contributed by atoms with Gasteiger partial charge in [-0.15, -0.1) is 0 Å². The second-order valence-electron chi connectivity index (χ2n) is 8.90. The zero-order valence-electron chi connectivity index (χ0n) is 17.2. The summed E-state index contributed by atoms with van der Waals surface area (Å²) in [7, 11) is 0. The molecule has 2 rings (SSSR count). The van der Waals surface area contributed by atoms with E-state index in [0.29, 0.717) is 0 Å². The molecule has 0 heterocycles. The van der Waals surface area contributed by atoms with Crippen LogP contribution in [0, 0.1) is 23.7 Å². The molecule has 0 aromatic carbocycles. The first kappa shape index (κ1) is 20.8. The molecular weight excluding hydrogens is 300 g/mol. The van der Waals surface area contributed by atoms with Crippen LogP contribution in [0.3, 0.4) is 0 Å². The number of hydrogen-bond acceptors (Lipinski definition) is 0. The summed E-state index contributed by atoms with van der Waals surface area (Å²) in [5, 5.41) is 0. The van der Waals surface area contributed by atoms with Gasteiger partial charge in [0.1, 0.15) is 0 Å². The smallest absolute Gasteiger partial charge is 0.0233 e. The Morgan fingerprint density at radius 2 is 1.20 bits per heavy atom. The summed E-state index contributed by atoms with van der Waals surface area (Å²) in [4.78, 5) is 0. The summed E-state index contributed by atoms with van der Waals surface area (Å²) in [5.41, 5.74) is 0. The Hall–Kier alpha value is -0.520. The highest BCUT2D eigenvalue weighted by atomic mass is 14.3. The first-order chi connectivity index (χ1) is 12.3. The monoisotopic (exact) mass is 344 g/mol. The van der Waals surface area contributed by atoms with Gasteiger partial charge in [0, 0.05) is 0 Å². The fourth-order valence-corrected chi connectivity index (χ4v) is 4.97. The molecular formula is C25H44. The van der Waals surface area contributed by atoms with Crippen LogP contribution in [0.4, 0.5) is 0 Å². The van der Waals surface area contributed by atoms with Gasteiger partial charge in [-0.05, 0) is 68.6 Å². The second-order valence-corrected chi connectivity index (χ2v) is 8.90. The predicted molar refractivity (Wildman–Crippen MR) is 113 cm³/mol. The van der Waals surface area contributed by atoms with Gasteiger partial charge < -0.3 is 0 Å². The maximum atomic E-state index is 2.57. The third-order valence-corrected chi connectivity index (χ3v) is 6.79. The molecule has 0 spiro atoms. The van der Waals surface area contributed by atoms with Crippen LogP contribution in [-0.4, -0.2) is 0 Å². The number of rotatable bonds is 10. The third-order valence-electron chi connectivity index (χ3n) is 6.79. The largest absolute Gasteiger partial charge is 0.0885 e. The SMILES string of the molecule is CCC=C[C@H]1CC[C@H](C=CCC[C@H]2CC[C@H](CCCCC)CC2)CC1. The van der Waals surface area contributed by atoms with Gasteiger partial charge in [0.25, 0.3) is 0 Å². The summed E-state index contributed by atoms with van der Waals surface area (Å²) in [6.07, 6.45) is 31.4. The standard InChI is InChI=1S/C25H44/c1-3-5-7-11-23-18-20-25(21-19-23)13-9-8-12-24-16-14-22(15-17-24)10-6-4-2/h6,8,10,12,22-25H,3-5,7,9,11,13-21H2,1-2H3/t22-,23-,24-,25-. The topological polar surface area (TPSA) is 0 Å². The first-order valence-electron chi connectivity index (χ1n) is 11.6. The Labute approximate surface area is 158 Å². The Kier molecular flexibility index (Phi) is 10.6. The Bertz CT molecular complexity index is 361. The molecule has 0 unspecified atom stereocenters. The molecule has 0 heteroatoms. The van der Waals surface area contributed by atoms with Gasteiger partial charge in [-0.25, -0.2) is 0 Å². The van der Waals surface area contributed by atoms with E-state index in [1.807, 2.05) is 0 Å². The number of unbranched alkanes of at least 4 members (excludes halogenated alkanes) is 2. The fourth-order valence-electron chi connectivity index (χ4n) is 4.97. The summed E-state index contributed by atoms with van der Waals surface area (Å²) >= 11 is 0. The van der Waals surface area contributed by atoms with E-state index < -0.39 is 0 Å². The highest BCUT2D eigenvalue weighted by molar-refractivity contribution is 4.96. The van der Waals surface area contributed by atoms with Crippen LogP contribution >= 0.6 is 0 Å². The molecule has 25 heavy (non-hydrogen) atoms. The van der Waals surface area contributed by atoms with Crippen molar-refractivity contribution < 1.29 is 0 Å². The lowest BCUT2D eigenvalue weighted by Crippen LogP contribution is -2.14. The van der Waals surface area contributed by atoms with E-state index >= 15 is 0 Å². The van der Waals surface area contributed by atoms with Gasteiger partial charge >= 0.3 is 0 Å². The molecule has 0 N–H and O–H groups in total. The predicted octanol–water partition coefficient (Wildman–Crippen LogP) is 8.48. The minimum absolute atomic E-state index is 0.872. The van der Waals surface area contributed by atoms with Gasteiger partial charge in [-0.1, -0.05) is 89.5 Å². The molecule has 0 radical (unpaired) electrons. The van der Waals surface area contributed by atoms with Crippen molar-refractivity contribution in [2.75, 3.05) is 0 Å². The van der Waals surface area contributed by atoms with Crippen molar-refractivity contribution in [1.29, 1.82) is 0 Å². The lowest BCUT2D eigenvalue weighted by Gasteiger charge is -2.28. The normalized spacial score (nSPS) is 31.1. The summed E-state index contributed by atoms with van der Waals surface area (Å²) in [6.45, 7) is 4.56. The average Bonchev–Trinajstić information content (AvgIpc) is 2.66. The van der Waals surface area contributed by atoms with Crippen LogP contribution in [0.1, 0.15) is 110 Å². The molecule has 2 aliphatic rings. The molecule has 0 aromatic rings. The molecule has 144 valence electrons. The zero-order valence-corrected chi connectivity index (χ0v) is 17.2. The summed E-state index contributed by atoms with van der Waals surface area (Å²) in [6, 6.07) is 0. The Morgan fingerprint density at radius 1 is 0.640 bits per heavy atom. The molecule has 0 atom stereocenters. The highest BCUT2D eigenvalue weighted by Crippen LogP contribution is 2.35.